The minimum Gasteiger partial charge on any atom is -0.366 e. The fraction of sp³-hybridized carbons (Fsp3) is 0.480. The van der Waals surface area contributed by atoms with Gasteiger partial charge in [0.25, 0.3) is 5.91 Å². The van der Waals surface area contributed by atoms with Gasteiger partial charge in [-0.15, -0.1) is 11.3 Å². The Morgan fingerprint density at radius 3 is 2.55 bits per heavy atom. The molecule has 1 aromatic carbocycles. The normalized spacial score (nSPS) is 19.4. The van der Waals surface area contributed by atoms with E-state index in [9.17, 15) is 9.18 Å². The van der Waals surface area contributed by atoms with Crippen molar-refractivity contribution in [3.8, 4) is 0 Å². The predicted molar refractivity (Wildman–Crippen MR) is 132 cm³/mol. The summed E-state index contributed by atoms with van der Waals surface area (Å²) in [5.74, 6) is 1.54. The standard InChI is InChI=1S/C25H30FN5OS/c1-16-8-6-7-11-31(16)23-21-17(2)22(33-24(21)28-18(3)27-23)25(32)30-14-12-29(13-15-30)20-10-5-4-9-19(20)26/h4-5,9-10,16H,6-8,11-15H2,1-3H3/t16-/m1/s1. The monoisotopic (exact) mass is 467 g/mol. The Morgan fingerprint density at radius 1 is 1.06 bits per heavy atom. The maximum Gasteiger partial charge on any atom is 0.264 e. The Morgan fingerprint density at radius 2 is 1.82 bits per heavy atom. The molecular formula is C25H30FN5OS. The summed E-state index contributed by atoms with van der Waals surface area (Å²) in [5.41, 5.74) is 1.58. The number of hydrogen-bond donors (Lipinski definition) is 0. The molecule has 0 N–H and O–H groups in total. The SMILES string of the molecule is Cc1nc(N2CCCC[C@H]2C)c2c(C)c(C(=O)N3CCN(c4ccccc4F)CC3)sc2n1. The van der Waals surface area contributed by atoms with Crippen LogP contribution < -0.4 is 9.80 Å². The first-order valence-electron chi connectivity index (χ1n) is 11.8. The smallest absolute Gasteiger partial charge is 0.264 e. The summed E-state index contributed by atoms with van der Waals surface area (Å²) in [6.45, 7) is 9.57. The molecule has 4 heterocycles. The number of aromatic nitrogens is 2. The molecule has 2 fully saturated rings. The molecule has 0 bridgehead atoms. The molecule has 0 aliphatic carbocycles. The van der Waals surface area contributed by atoms with E-state index in [1.54, 1.807) is 12.1 Å². The lowest BCUT2D eigenvalue weighted by molar-refractivity contribution is 0.0751. The number of nitrogens with zero attached hydrogens (tertiary/aromatic N) is 5. The number of carbonyl (C=O) groups excluding carboxylic acids is 1. The Kier molecular flexibility index (Phi) is 5.95. The molecule has 1 atom stereocenters. The van der Waals surface area contributed by atoms with Crippen LogP contribution in [-0.2, 0) is 0 Å². The van der Waals surface area contributed by atoms with Crippen LogP contribution in [-0.4, -0.2) is 59.5 Å². The zero-order chi connectivity index (χ0) is 23.1. The zero-order valence-corrected chi connectivity index (χ0v) is 20.3. The van der Waals surface area contributed by atoms with Gasteiger partial charge in [0.05, 0.1) is 16.0 Å². The van der Waals surface area contributed by atoms with E-state index in [0.717, 1.165) is 51.7 Å². The van der Waals surface area contributed by atoms with Crippen molar-refractivity contribution in [2.24, 2.45) is 0 Å². The van der Waals surface area contributed by atoms with E-state index in [0.29, 0.717) is 37.9 Å². The molecule has 2 aromatic heterocycles. The number of aryl methyl sites for hydroxylation is 2. The number of thiophene rings is 1. The highest BCUT2D eigenvalue weighted by molar-refractivity contribution is 7.20. The number of rotatable bonds is 3. The highest BCUT2D eigenvalue weighted by Gasteiger charge is 2.29. The molecule has 3 aromatic rings. The number of piperidine rings is 1. The van der Waals surface area contributed by atoms with Gasteiger partial charge >= 0.3 is 0 Å². The van der Waals surface area contributed by atoms with Crippen molar-refractivity contribution < 1.29 is 9.18 Å². The summed E-state index contributed by atoms with van der Waals surface area (Å²) >= 11 is 1.48. The molecule has 6 nitrogen and oxygen atoms in total. The predicted octanol–water partition coefficient (Wildman–Crippen LogP) is 4.79. The molecule has 5 rings (SSSR count). The van der Waals surface area contributed by atoms with Crippen molar-refractivity contribution in [3.05, 3.63) is 46.3 Å². The Balaban J connectivity index is 1.41. The van der Waals surface area contributed by atoms with E-state index in [1.807, 2.05) is 29.7 Å². The van der Waals surface area contributed by atoms with Gasteiger partial charge in [0.1, 0.15) is 22.3 Å². The average Bonchev–Trinajstić information content (AvgIpc) is 3.15. The third kappa shape index (κ3) is 4.05. The molecule has 0 spiro atoms. The molecule has 1 amide bonds. The van der Waals surface area contributed by atoms with Crippen LogP contribution >= 0.6 is 11.3 Å². The van der Waals surface area contributed by atoms with Gasteiger partial charge in [-0.2, -0.15) is 0 Å². The van der Waals surface area contributed by atoms with Crippen molar-refractivity contribution >= 4 is 39.0 Å². The third-order valence-electron chi connectivity index (χ3n) is 6.91. The first-order valence-corrected chi connectivity index (χ1v) is 12.6. The van der Waals surface area contributed by atoms with Crippen LogP contribution in [0.3, 0.4) is 0 Å². The van der Waals surface area contributed by atoms with Crippen LogP contribution in [0.25, 0.3) is 10.2 Å². The van der Waals surface area contributed by atoms with Crippen LogP contribution in [0.2, 0.25) is 0 Å². The summed E-state index contributed by atoms with van der Waals surface area (Å²) in [6, 6.07) is 7.26. The third-order valence-corrected chi connectivity index (χ3v) is 8.09. The van der Waals surface area contributed by atoms with Gasteiger partial charge in [-0.1, -0.05) is 12.1 Å². The summed E-state index contributed by atoms with van der Waals surface area (Å²) in [4.78, 5) is 31.0. The van der Waals surface area contributed by atoms with Crippen LogP contribution in [0.4, 0.5) is 15.9 Å². The van der Waals surface area contributed by atoms with Crippen LogP contribution in [0.5, 0.6) is 0 Å². The number of halogens is 1. The van der Waals surface area contributed by atoms with E-state index in [2.05, 4.69) is 16.8 Å². The maximum absolute atomic E-state index is 14.2. The second-order valence-electron chi connectivity index (χ2n) is 9.10. The van der Waals surface area contributed by atoms with Gasteiger partial charge < -0.3 is 14.7 Å². The molecule has 0 radical (unpaired) electrons. The molecular weight excluding hydrogens is 437 g/mol. The number of benzene rings is 1. The van der Waals surface area contributed by atoms with Crippen LogP contribution in [0.15, 0.2) is 24.3 Å². The van der Waals surface area contributed by atoms with Gasteiger partial charge in [0.15, 0.2) is 0 Å². The van der Waals surface area contributed by atoms with Crippen molar-refractivity contribution in [1.82, 2.24) is 14.9 Å². The Hall–Kier alpha value is -2.74. The van der Waals surface area contributed by atoms with Crippen molar-refractivity contribution in [1.29, 1.82) is 0 Å². The molecule has 33 heavy (non-hydrogen) atoms. The fourth-order valence-electron chi connectivity index (χ4n) is 5.05. The number of hydrogen-bond acceptors (Lipinski definition) is 6. The van der Waals surface area contributed by atoms with Crippen molar-refractivity contribution in [2.75, 3.05) is 42.5 Å². The Labute approximate surface area is 198 Å². The first-order chi connectivity index (χ1) is 15.9. The number of carbonyl (C=O) groups is 1. The highest BCUT2D eigenvalue weighted by atomic mass is 32.1. The molecule has 8 heteroatoms. The number of amides is 1. The van der Waals surface area contributed by atoms with E-state index in [1.165, 1.54) is 23.8 Å². The van der Waals surface area contributed by atoms with E-state index >= 15 is 0 Å². The molecule has 0 saturated carbocycles. The summed E-state index contributed by atoms with van der Waals surface area (Å²) in [6.07, 6.45) is 3.57. The Bertz CT molecular complexity index is 1190. The number of anilines is 2. The molecule has 0 unspecified atom stereocenters. The summed E-state index contributed by atoms with van der Waals surface area (Å²) in [5, 5.41) is 1.02. The van der Waals surface area contributed by atoms with Gasteiger partial charge in [-0.3, -0.25) is 4.79 Å². The largest absolute Gasteiger partial charge is 0.366 e. The highest BCUT2D eigenvalue weighted by Crippen LogP contribution is 2.38. The van der Waals surface area contributed by atoms with Crippen LogP contribution in [0.1, 0.15) is 47.2 Å². The van der Waals surface area contributed by atoms with Gasteiger partial charge in [-0.25, -0.2) is 14.4 Å². The molecule has 174 valence electrons. The molecule has 2 aliphatic rings. The van der Waals surface area contributed by atoms with Gasteiger partial charge in [0.2, 0.25) is 0 Å². The number of para-hydroxylation sites is 1. The van der Waals surface area contributed by atoms with E-state index in [-0.39, 0.29) is 11.7 Å². The number of piperazine rings is 1. The second-order valence-corrected chi connectivity index (χ2v) is 10.1. The average molecular weight is 468 g/mol. The zero-order valence-electron chi connectivity index (χ0n) is 19.5. The van der Waals surface area contributed by atoms with Gasteiger partial charge in [-0.05, 0) is 57.7 Å². The maximum atomic E-state index is 14.2. The molecule has 2 saturated heterocycles. The van der Waals surface area contributed by atoms with E-state index < -0.39 is 0 Å². The van der Waals surface area contributed by atoms with Crippen molar-refractivity contribution in [3.63, 3.8) is 0 Å². The fourth-order valence-corrected chi connectivity index (χ4v) is 6.24. The minimum absolute atomic E-state index is 0.0407. The lowest BCUT2D eigenvalue weighted by atomic mass is 10.0. The quantitative estimate of drug-likeness (QED) is 0.555. The first kappa shape index (κ1) is 22.1. The van der Waals surface area contributed by atoms with Crippen LogP contribution in [0, 0.1) is 19.7 Å². The summed E-state index contributed by atoms with van der Waals surface area (Å²) < 4.78 is 14.2. The van der Waals surface area contributed by atoms with Gasteiger partial charge in [0, 0.05) is 38.8 Å². The second kappa shape index (κ2) is 8.89. The topological polar surface area (TPSA) is 52.6 Å². The number of fused-ring (bicyclic) bond motifs is 1. The lowest BCUT2D eigenvalue weighted by Gasteiger charge is -2.36. The molecule has 2 aliphatic heterocycles. The lowest BCUT2D eigenvalue weighted by Crippen LogP contribution is -2.49. The summed E-state index contributed by atoms with van der Waals surface area (Å²) in [7, 11) is 0. The van der Waals surface area contributed by atoms with Crippen molar-refractivity contribution in [2.45, 2.75) is 46.1 Å². The van der Waals surface area contributed by atoms with E-state index in [4.69, 9.17) is 4.98 Å². The minimum atomic E-state index is -0.217.